The number of pyridine rings is 1. The van der Waals surface area contributed by atoms with Crippen LogP contribution in [-0.2, 0) is 4.74 Å². The summed E-state index contributed by atoms with van der Waals surface area (Å²) >= 11 is 0. The first-order valence-corrected chi connectivity index (χ1v) is 13.7. The van der Waals surface area contributed by atoms with Gasteiger partial charge >= 0.3 is 0 Å². The van der Waals surface area contributed by atoms with Gasteiger partial charge in [-0.15, -0.1) is 0 Å². The predicted octanol–water partition coefficient (Wildman–Crippen LogP) is 2.66. The summed E-state index contributed by atoms with van der Waals surface area (Å²) in [5.41, 5.74) is 1.83. The molecule has 11 heteroatoms. The highest BCUT2D eigenvalue weighted by Crippen LogP contribution is 2.56. The van der Waals surface area contributed by atoms with Crippen molar-refractivity contribution in [3.8, 4) is 11.5 Å². The number of methoxy groups -OCH3 is 1. The Balaban J connectivity index is 1.20. The third kappa shape index (κ3) is 4.78. The number of ether oxygens (including phenoxy) is 1. The van der Waals surface area contributed by atoms with Crippen molar-refractivity contribution in [3.05, 3.63) is 24.3 Å². The Hall–Kier alpha value is -3.02. The van der Waals surface area contributed by atoms with E-state index >= 15 is 0 Å². The largest absolute Gasteiger partial charge is 0.390 e. The molecule has 4 N–H and O–H groups in total. The molecule has 3 aromatic heterocycles. The Morgan fingerprint density at radius 2 is 2.11 bits per heavy atom. The van der Waals surface area contributed by atoms with Gasteiger partial charge in [-0.25, -0.2) is 4.98 Å². The van der Waals surface area contributed by atoms with Crippen molar-refractivity contribution in [1.29, 1.82) is 0 Å². The first-order valence-electron chi connectivity index (χ1n) is 13.7. The van der Waals surface area contributed by atoms with Crippen LogP contribution in [0.3, 0.4) is 0 Å². The summed E-state index contributed by atoms with van der Waals surface area (Å²) in [6, 6.07) is 2.25. The summed E-state index contributed by atoms with van der Waals surface area (Å²) < 4.78 is 10.7. The van der Waals surface area contributed by atoms with Gasteiger partial charge in [0, 0.05) is 50.6 Å². The number of fused-ring (bicyclic) bond motifs is 1. The second kappa shape index (κ2) is 10.3. The number of rotatable bonds is 11. The molecule has 3 aromatic rings. The van der Waals surface area contributed by atoms with E-state index < -0.39 is 5.60 Å². The van der Waals surface area contributed by atoms with E-state index in [-0.39, 0.29) is 23.7 Å². The number of likely N-dealkylation sites (N-methyl/N-ethyl adjacent to an activating group) is 1. The summed E-state index contributed by atoms with van der Waals surface area (Å²) in [5.74, 6) is 1.36. The van der Waals surface area contributed by atoms with Crippen LogP contribution < -0.4 is 10.6 Å². The molecule has 0 radical (unpaired) electrons. The van der Waals surface area contributed by atoms with Gasteiger partial charge in [-0.3, -0.25) is 9.69 Å². The van der Waals surface area contributed by atoms with E-state index in [2.05, 4.69) is 42.6 Å². The Morgan fingerprint density at radius 1 is 1.29 bits per heavy atom. The Morgan fingerprint density at radius 3 is 2.84 bits per heavy atom. The molecule has 2 atom stereocenters. The van der Waals surface area contributed by atoms with Crippen molar-refractivity contribution >= 4 is 22.6 Å². The number of anilines is 1. The number of nitrogens with one attached hydrogen (secondary N) is 3. The zero-order valence-electron chi connectivity index (χ0n) is 22.1. The molecular weight excluding hydrogens is 486 g/mol. The normalized spacial score (nSPS) is 27.9. The molecule has 0 aromatic carbocycles. The fourth-order valence-corrected chi connectivity index (χ4v) is 7.19. The molecule has 0 saturated heterocycles. The monoisotopic (exact) mass is 523 g/mol. The zero-order chi connectivity index (χ0) is 26.3. The number of aromatic nitrogens is 4. The number of carbonyl (C=O) groups is 1. The van der Waals surface area contributed by atoms with E-state index in [1.165, 1.54) is 0 Å². The molecule has 4 fully saturated rings. The summed E-state index contributed by atoms with van der Waals surface area (Å²) in [6.45, 7) is 5.59. The number of carbonyl (C=O) groups excluding carboxylic acids is 1. The first kappa shape index (κ1) is 25.3. The van der Waals surface area contributed by atoms with Crippen molar-refractivity contribution in [2.24, 2.45) is 17.8 Å². The number of aromatic amines is 1. The van der Waals surface area contributed by atoms with E-state index in [1.54, 1.807) is 13.3 Å². The zero-order valence-corrected chi connectivity index (χ0v) is 22.1. The third-order valence-corrected chi connectivity index (χ3v) is 8.77. The summed E-state index contributed by atoms with van der Waals surface area (Å²) in [7, 11) is 1.68. The van der Waals surface area contributed by atoms with Gasteiger partial charge in [-0.2, -0.15) is 4.98 Å². The topological polar surface area (TPSA) is 141 Å². The first-order chi connectivity index (χ1) is 18.5. The van der Waals surface area contributed by atoms with Gasteiger partial charge in [0.1, 0.15) is 5.65 Å². The molecule has 3 heterocycles. The fourth-order valence-electron chi connectivity index (χ4n) is 7.19. The lowest BCUT2D eigenvalue weighted by Gasteiger charge is -2.58. The molecule has 4 bridgehead atoms. The van der Waals surface area contributed by atoms with E-state index in [0.717, 1.165) is 61.9 Å². The minimum absolute atomic E-state index is 0.00287. The van der Waals surface area contributed by atoms with Crippen molar-refractivity contribution in [2.45, 2.75) is 50.7 Å². The van der Waals surface area contributed by atoms with Gasteiger partial charge in [-0.1, -0.05) is 12.1 Å². The molecule has 38 heavy (non-hydrogen) atoms. The predicted molar refractivity (Wildman–Crippen MR) is 142 cm³/mol. The molecule has 4 aliphatic carbocycles. The second-order valence-electron chi connectivity index (χ2n) is 11.3. The molecule has 1 amide bonds. The van der Waals surface area contributed by atoms with Gasteiger partial charge in [0.25, 0.3) is 17.6 Å². The van der Waals surface area contributed by atoms with Crippen molar-refractivity contribution < 1.29 is 19.2 Å². The molecule has 11 nitrogen and oxygen atoms in total. The number of H-pyrrole nitrogens is 1. The van der Waals surface area contributed by atoms with E-state index in [0.29, 0.717) is 43.0 Å². The van der Waals surface area contributed by atoms with Crippen LogP contribution in [-0.4, -0.2) is 87.6 Å². The standard InChI is InChI=1S/C27H37N7O4/c1-3-34(8-9-37-2)7-6-29-25(35)24-32-26(38-33-24)20-15-30-23-19(4-5-28-23)22(20)31-21-17-10-16-11-18(21)14-27(36,12-16)13-17/h4-5,15-18,21,36H,3,6-14H2,1-2H3,(H,29,35)(H2,28,30,31). The SMILES string of the molecule is CCN(CCNC(=O)c1noc(-c2cnc3[nH]ccc3c2NC2C3CC4CC2CC(O)(C4)C3)n1)CCOC. The minimum atomic E-state index is -0.494. The van der Waals surface area contributed by atoms with Gasteiger partial charge in [0.05, 0.1) is 23.5 Å². The average Bonchev–Trinajstić information content (AvgIpc) is 3.57. The molecular formula is C27H37N7O4. The summed E-state index contributed by atoms with van der Waals surface area (Å²) in [4.78, 5) is 27.1. The molecule has 0 aliphatic heterocycles. The fraction of sp³-hybridized carbons (Fsp3) is 0.630. The van der Waals surface area contributed by atoms with Crippen molar-refractivity contribution in [3.63, 3.8) is 0 Å². The maximum atomic E-state index is 12.7. The van der Waals surface area contributed by atoms with Crippen LogP contribution in [0.2, 0.25) is 0 Å². The Labute approximate surface area is 221 Å². The molecule has 204 valence electrons. The Kier molecular flexibility index (Phi) is 6.83. The molecule has 4 saturated carbocycles. The number of nitrogens with zero attached hydrogens (tertiary/aromatic N) is 4. The van der Waals surface area contributed by atoms with E-state index in [9.17, 15) is 9.90 Å². The molecule has 2 unspecified atom stereocenters. The van der Waals surface area contributed by atoms with E-state index in [1.807, 2.05) is 12.3 Å². The number of hydrogen-bond acceptors (Lipinski definition) is 9. The highest BCUT2D eigenvalue weighted by molar-refractivity contribution is 5.97. The van der Waals surface area contributed by atoms with Gasteiger partial charge < -0.3 is 30.0 Å². The quantitative estimate of drug-likeness (QED) is 0.298. The maximum Gasteiger partial charge on any atom is 0.292 e. The molecule has 4 aliphatic rings. The number of aliphatic hydroxyl groups is 1. The highest BCUT2D eigenvalue weighted by atomic mass is 16.5. The lowest BCUT2D eigenvalue weighted by atomic mass is 9.52. The third-order valence-electron chi connectivity index (χ3n) is 8.77. The van der Waals surface area contributed by atoms with Crippen LogP contribution in [0.15, 0.2) is 23.0 Å². The molecule has 0 spiro atoms. The van der Waals surface area contributed by atoms with Gasteiger partial charge in [0.15, 0.2) is 0 Å². The van der Waals surface area contributed by atoms with Crippen LogP contribution in [0.4, 0.5) is 5.69 Å². The smallest absolute Gasteiger partial charge is 0.292 e. The van der Waals surface area contributed by atoms with Gasteiger partial charge in [0.2, 0.25) is 0 Å². The van der Waals surface area contributed by atoms with Crippen LogP contribution in [0.1, 0.15) is 49.6 Å². The minimum Gasteiger partial charge on any atom is -0.390 e. The summed E-state index contributed by atoms with van der Waals surface area (Å²) in [5, 5.41) is 22.7. The number of amides is 1. The van der Waals surface area contributed by atoms with E-state index in [4.69, 9.17) is 9.26 Å². The lowest BCUT2D eigenvalue weighted by Crippen LogP contribution is -2.59. The second-order valence-corrected chi connectivity index (χ2v) is 11.3. The highest BCUT2D eigenvalue weighted by Gasteiger charge is 2.54. The van der Waals surface area contributed by atoms with Crippen molar-refractivity contribution in [1.82, 2.24) is 30.3 Å². The summed E-state index contributed by atoms with van der Waals surface area (Å²) in [6.07, 6.45) is 8.53. The van der Waals surface area contributed by atoms with Crippen LogP contribution in [0.25, 0.3) is 22.5 Å². The number of hydrogen-bond donors (Lipinski definition) is 4. The van der Waals surface area contributed by atoms with Crippen molar-refractivity contribution in [2.75, 3.05) is 45.2 Å². The van der Waals surface area contributed by atoms with Crippen LogP contribution >= 0.6 is 0 Å². The van der Waals surface area contributed by atoms with Crippen LogP contribution in [0, 0.1) is 17.8 Å². The lowest BCUT2D eigenvalue weighted by molar-refractivity contribution is -0.129. The Bertz CT molecular complexity index is 1270. The van der Waals surface area contributed by atoms with Crippen LogP contribution in [0.5, 0.6) is 0 Å². The average molecular weight is 524 g/mol. The molecule has 7 rings (SSSR count). The maximum absolute atomic E-state index is 12.7. The van der Waals surface area contributed by atoms with Gasteiger partial charge in [-0.05, 0) is 62.5 Å².